The van der Waals surface area contributed by atoms with Gasteiger partial charge in [0.05, 0.1) is 22.8 Å². The van der Waals surface area contributed by atoms with Crippen LogP contribution in [0.2, 0.25) is 0 Å². The molecule has 0 unspecified atom stereocenters. The maximum Gasteiger partial charge on any atom is 0.274 e. The smallest absolute Gasteiger partial charge is 0.274 e. The van der Waals surface area contributed by atoms with Gasteiger partial charge in [0.15, 0.2) is 5.69 Å². The molecule has 3 N–H and O–H groups in total. The van der Waals surface area contributed by atoms with E-state index >= 15 is 0 Å². The van der Waals surface area contributed by atoms with Crippen LogP contribution < -0.4 is 20.1 Å². The van der Waals surface area contributed by atoms with Crippen LogP contribution in [0.15, 0.2) is 40.9 Å². The van der Waals surface area contributed by atoms with E-state index < -0.39 is 74.4 Å². The average Bonchev–Trinajstić information content (AvgIpc) is 4.00. The zero-order chi connectivity index (χ0) is 37.5. The van der Waals surface area contributed by atoms with Crippen molar-refractivity contribution in [1.29, 1.82) is 0 Å². The third-order valence-corrected chi connectivity index (χ3v) is 12.1. The molecular weight excluding hydrogens is 710 g/mol. The number of hydrogen-bond donors (Lipinski definition) is 3. The summed E-state index contributed by atoms with van der Waals surface area (Å²) in [5, 5.41) is 8.83. The van der Waals surface area contributed by atoms with Crippen LogP contribution in [-0.4, -0.2) is 87.6 Å². The second-order valence-electron chi connectivity index (χ2n) is 14.3. The number of benzene rings is 1. The van der Waals surface area contributed by atoms with E-state index in [2.05, 4.69) is 30.5 Å². The third-order valence-electron chi connectivity index (χ3n) is 10.3. The van der Waals surface area contributed by atoms with E-state index in [-0.39, 0.29) is 42.9 Å². The van der Waals surface area contributed by atoms with Crippen LogP contribution in [0.3, 0.4) is 0 Å². The van der Waals surface area contributed by atoms with E-state index in [4.69, 9.17) is 9.26 Å². The molecule has 0 bridgehead atoms. The van der Waals surface area contributed by atoms with E-state index in [0.29, 0.717) is 49.1 Å². The lowest BCUT2D eigenvalue weighted by Crippen LogP contribution is -2.58. The normalized spacial score (nSPS) is 26.5. The predicted octanol–water partition coefficient (Wildman–Crippen LogP) is 2.78. The second-order valence-corrected chi connectivity index (χ2v) is 16.3. The van der Waals surface area contributed by atoms with Gasteiger partial charge in [-0.25, -0.2) is 22.8 Å². The summed E-state index contributed by atoms with van der Waals surface area (Å²) in [5.41, 5.74) is -0.388. The minimum absolute atomic E-state index is 0.0169. The number of sulfonamides is 1. The lowest BCUT2D eigenvalue weighted by Gasteiger charge is -2.29. The molecular formula is C36H42FN7O8S. The third kappa shape index (κ3) is 7.75. The Bertz CT molecular complexity index is 2090. The molecule has 0 spiro atoms. The summed E-state index contributed by atoms with van der Waals surface area (Å²) in [7, 11) is -3.91. The van der Waals surface area contributed by atoms with E-state index in [1.807, 2.05) is 19.1 Å². The van der Waals surface area contributed by atoms with Gasteiger partial charge in [0.25, 0.3) is 11.8 Å². The highest BCUT2D eigenvalue weighted by molar-refractivity contribution is 7.91. The Morgan fingerprint density at radius 1 is 1.11 bits per heavy atom. The van der Waals surface area contributed by atoms with Crippen molar-refractivity contribution in [2.24, 2.45) is 5.92 Å². The number of nitrogens with zero attached hydrogens (tertiary/aromatic N) is 4. The Morgan fingerprint density at radius 2 is 1.92 bits per heavy atom. The van der Waals surface area contributed by atoms with E-state index in [0.717, 1.165) is 12.8 Å². The minimum atomic E-state index is -3.91. The molecule has 5 atom stereocenters. The Hall–Kier alpha value is -4.93. The van der Waals surface area contributed by atoms with Crippen molar-refractivity contribution >= 4 is 44.7 Å². The van der Waals surface area contributed by atoms with Gasteiger partial charge >= 0.3 is 0 Å². The van der Waals surface area contributed by atoms with Crippen LogP contribution in [0.4, 0.5) is 4.39 Å². The fraction of sp³-hybridized carbons (Fsp3) is 0.528. The number of allylic oxidation sites excluding steroid dienone is 1. The van der Waals surface area contributed by atoms with Gasteiger partial charge < -0.3 is 24.8 Å². The number of halogens is 1. The maximum atomic E-state index is 14.5. The van der Waals surface area contributed by atoms with Crippen molar-refractivity contribution in [3.05, 3.63) is 59.4 Å². The van der Waals surface area contributed by atoms with Crippen LogP contribution in [-0.2, 0) is 30.8 Å². The zero-order valence-electron chi connectivity index (χ0n) is 29.5. The molecule has 2 aliphatic carbocycles. The number of aromatic nitrogens is 3. The van der Waals surface area contributed by atoms with Crippen LogP contribution in [0.5, 0.6) is 5.88 Å². The molecule has 1 saturated heterocycles. The molecule has 4 amide bonds. The van der Waals surface area contributed by atoms with E-state index in [1.165, 1.54) is 29.2 Å². The van der Waals surface area contributed by atoms with Crippen molar-refractivity contribution in [3.63, 3.8) is 0 Å². The molecule has 17 heteroatoms. The largest absolute Gasteiger partial charge is 0.471 e. The number of rotatable bonds is 8. The van der Waals surface area contributed by atoms with Crippen molar-refractivity contribution in [3.8, 4) is 5.88 Å². The molecule has 1 aromatic carbocycles. The van der Waals surface area contributed by atoms with Crippen molar-refractivity contribution in [2.75, 3.05) is 6.54 Å². The molecule has 3 aromatic rings. The number of carbonyl (C=O) groups excluding carboxylic acids is 4. The Morgan fingerprint density at radius 3 is 2.68 bits per heavy atom. The maximum absolute atomic E-state index is 14.5. The number of carbonyl (C=O) groups is 4. The van der Waals surface area contributed by atoms with Crippen LogP contribution >= 0.6 is 0 Å². The SMILES string of the molecule is CCc1cc(C(=O)N[C@H]2CCCCCC=C[C@@H]3C[C@@]3(C(=O)NS(=O)(=O)C3CC3)NC(=O)[C@@H]3C[C@@H](Oc4nc5cc(F)ccc5nc4C)CN3C2=O)no1. The minimum Gasteiger partial charge on any atom is -0.471 e. The van der Waals surface area contributed by atoms with Crippen molar-refractivity contribution in [2.45, 2.75) is 107 Å². The van der Waals surface area contributed by atoms with Crippen LogP contribution in [0.1, 0.15) is 86.7 Å². The summed E-state index contributed by atoms with van der Waals surface area (Å²) < 4.78 is 53.3. The van der Waals surface area contributed by atoms with Gasteiger partial charge in [-0.15, -0.1) is 0 Å². The van der Waals surface area contributed by atoms with E-state index in [1.54, 1.807) is 6.92 Å². The topological polar surface area (TPSA) is 203 Å². The van der Waals surface area contributed by atoms with Crippen LogP contribution in [0.25, 0.3) is 11.0 Å². The first-order valence-electron chi connectivity index (χ1n) is 18.1. The Labute approximate surface area is 305 Å². The number of aryl methyl sites for hydroxylation is 2. The van der Waals surface area contributed by atoms with Crippen molar-refractivity contribution < 1.29 is 41.2 Å². The molecule has 2 aromatic heterocycles. The highest BCUT2D eigenvalue weighted by Crippen LogP contribution is 2.46. The summed E-state index contributed by atoms with van der Waals surface area (Å²) in [4.78, 5) is 66.0. The van der Waals surface area contributed by atoms with Crippen LogP contribution in [0, 0.1) is 18.7 Å². The van der Waals surface area contributed by atoms with Gasteiger partial charge in [-0.1, -0.05) is 37.1 Å². The van der Waals surface area contributed by atoms with Gasteiger partial charge in [-0.2, -0.15) is 0 Å². The summed E-state index contributed by atoms with van der Waals surface area (Å²) >= 11 is 0. The first kappa shape index (κ1) is 36.4. The van der Waals surface area contributed by atoms with Gasteiger partial charge in [0, 0.05) is 30.9 Å². The van der Waals surface area contributed by atoms with E-state index in [9.17, 15) is 32.0 Å². The quantitative estimate of drug-likeness (QED) is 0.286. The van der Waals surface area contributed by atoms with Gasteiger partial charge in [-0.05, 0) is 57.6 Å². The summed E-state index contributed by atoms with van der Waals surface area (Å²) in [6.45, 7) is 3.44. The predicted molar refractivity (Wildman–Crippen MR) is 187 cm³/mol. The number of hydrogen-bond acceptors (Lipinski definition) is 11. The molecule has 2 aliphatic heterocycles. The molecule has 282 valence electrons. The number of ether oxygens (including phenoxy) is 1. The standard InChI is InChI=1S/C36H42FN7O8S/c1-3-23-16-29(42-52-23)31(45)39-27-10-8-6-4-5-7-9-21-18-36(21,35(48)43-53(49,50)25-12-13-25)41-32(46)30-17-24(19-44(30)34(27)47)51-33-20(2)38-26-14-11-22(37)15-28(26)40-33/h7,9,11,14-16,21,24-25,27,30H,3-6,8,10,12-13,17-19H2,1-2H3,(H,39,45)(H,41,46)(H,43,48)/t21-,24-,27+,30+,36-/m1/s1. The number of nitrogens with one attached hydrogen (secondary N) is 3. The van der Waals surface area contributed by atoms with Gasteiger partial charge in [0.2, 0.25) is 27.7 Å². The molecule has 15 nitrogen and oxygen atoms in total. The molecule has 7 rings (SSSR count). The monoisotopic (exact) mass is 751 g/mol. The first-order valence-corrected chi connectivity index (χ1v) is 19.6. The highest BCUT2D eigenvalue weighted by atomic mass is 32.2. The molecule has 4 aliphatic rings. The lowest BCUT2D eigenvalue weighted by atomic mass is 10.0. The Kier molecular flexibility index (Phi) is 9.95. The summed E-state index contributed by atoms with van der Waals surface area (Å²) in [6.07, 6.45) is 7.58. The molecule has 4 heterocycles. The average molecular weight is 752 g/mol. The highest BCUT2D eigenvalue weighted by Gasteiger charge is 2.62. The molecule has 3 fully saturated rings. The zero-order valence-corrected chi connectivity index (χ0v) is 30.3. The fourth-order valence-electron chi connectivity index (χ4n) is 7.04. The first-order chi connectivity index (χ1) is 25.4. The molecule has 0 radical (unpaired) electrons. The molecule has 2 saturated carbocycles. The van der Waals surface area contributed by atoms with Gasteiger partial charge in [0.1, 0.15) is 41.0 Å². The summed E-state index contributed by atoms with van der Waals surface area (Å²) in [6, 6.07) is 3.30. The fourth-order valence-corrected chi connectivity index (χ4v) is 8.40. The second kappa shape index (κ2) is 14.5. The lowest BCUT2D eigenvalue weighted by molar-refractivity contribution is -0.141. The molecule has 53 heavy (non-hydrogen) atoms. The number of fused-ring (bicyclic) bond motifs is 3. The van der Waals surface area contributed by atoms with Crippen molar-refractivity contribution in [1.82, 2.24) is 35.4 Å². The number of amides is 4. The van der Waals surface area contributed by atoms with Gasteiger partial charge in [-0.3, -0.25) is 23.9 Å². The summed E-state index contributed by atoms with van der Waals surface area (Å²) in [5.74, 6) is -3.00. The Balaban J connectivity index is 1.19.